The number of nitrogens with one attached hydrogen (secondary N) is 1. The molecule has 2 aromatic carbocycles. The topological polar surface area (TPSA) is 102 Å². The second kappa shape index (κ2) is 9.45. The minimum absolute atomic E-state index is 0.00548. The molecule has 0 spiro atoms. The van der Waals surface area contributed by atoms with Crippen LogP contribution in [-0.4, -0.2) is 28.7 Å². The Balaban J connectivity index is 1.93. The summed E-state index contributed by atoms with van der Waals surface area (Å²) in [4.78, 5) is 24.1. The molecule has 3 aromatic rings. The fourth-order valence-electron chi connectivity index (χ4n) is 3.12. The lowest BCUT2D eigenvalue weighted by atomic mass is 10.1. The molecule has 0 aliphatic rings. The van der Waals surface area contributed by atoms with Gasteiger partial charge < -0.3 is 14.4 Å². The molecule has 170 valence electrons. The number of carboxylic acids is 1. The lowest BCUT2D eigenvalue weighted by molar-refractivity contribution is -0.153. The minimum Gasteiger partial charge on any atom is -0.477 e. The van der Waals surface area contributed by atoms with Gasteiger partial charge in [0.1, 0.15) is 16.2 Å². The molecular weight excluding hydrogens is 449 g/mol. The lowest BCUT2D eigenvalue weighted by Gasteiger charge is -2.30. The molecule has 0 saturated heterocycles. The van der Waals surface area contributed by atoms with Crippen LogP contribution < -0.4 is 9.61 Å². The number of hydrogen-bond acceptors (Lipinski definition) is 6. The number of carbonyl (C=O) groups excluding carboxylic acids is 1. The number of thiophene rings is 1. The average molecular weight is 476 g/mol. The first kappa shape index (κ1) is 24.0. The molecule has 0 fully saturated rings. The number of aromatic carboxylic acids is 1. The van der Waals surface area contributed by atoms with Crippen LogP contribution in [-0.2, 0) is 20.3 Å². The molecule has 0 saturated carbocycles. The van der Waals surface area contributed by atoms with E-state index < -0.39 is 25.0 Å². The van der Waals surface area contributed by atoms with Crippen molar-refractivity contribution in [3.63, 3.8) is 0 Å². The highest BCUT2D eigenvalue weighted by Gasteiger charge is 2.39. The third kappa shape index (κ3) is 5.97. The molecular formula is C23H26NO6PS. The van der Waals surface area contributed by atoms with Crippen LogP contribution in [0.25, 0.3) is 10.1 Å². The van der Waals surface area contributed by atoms with E-state index in [1.807, 2.05) is 6.07 Å². The van der Waals surface area contributed by atoms with E-state index in [9.17, 15) is 19.3 Å². The van der Waals surface area contributed by atoms with E-state index in [-0.39, 0.29) is 17.1 Å². The summed E-state index contributed by atoms with van der Waals surface area (Å²) in [7, 11) is -3.64. The first-order valence-corrected chi connectivity index (χ1v) is 12.7. The predicted molar refractivity (Wildman–Crippen MR) is 126 cm³/mol. The zero-order valence-corrected chi connectivity index (χ0v) is 20.0. The first-order chi connectivity index (χ1) is 15.0. The molecule has 1 unspecified atom stereocenters. The van der Waals surface area contributed by atoms with Crippen LogP contribution in [0.3, 0.4) is 0 Å². The van der Waals surface area contributed by atoms with E-state index >= 15 is 0 Å². The summed E-state index contributed by atoms with van der Waals surface area (Å²) in [6.45, 7) is 6.69. The quantitative estimate of drug-likeness (QED) is 0.303. The molecule has 9 heteroatoms. The van der Waals surface area contributed by atoms with Crippen molar-refractivity contribution in [2.75, 3.05) is 0 Å². The van der Waals surface area contributed by atoms with Crippen LogP contribution in [0, 0.1) is 0 Å². The Morgan fingerprint density at radius 2 is 1.81 bits per heavy atom. The van der Waals surface area contributed by atoms with Gasteiger partial charge in [-0.1, -0.05) is 24.3 Å². The number of carboxylic acid groups (broad SMARTS) is 1. The van der Waals surface area contributed by atoms with Crippen LogP contribution in [0.4, 0.5) is 0 Å². The highest BCUT2D eigenvalue weighted by atomic mass is 32.1. The minimum atomic E-state index is -3.64. The number of para-hydroxylation sites is 1. The second-order valence-corrected chi connectivity index (χ2v) is 11.4. The van der Waals surface area contributed by atoms with Crippen molar-refractivity contribution < 1.29 is 28.5 Å². The SMILES string of the molecule is CC(C)OC(=O)C(C)(C)NP(=O)(Cc1ccc2sc(C(=O)O)cc2c1)Oc1ccccc1. The Hall–Kier alpha value is -2.67. The fourth-order valence-corrected chi connectivity index (χ4v) is 6.27. The smallest absolute Gasteiger partial charge is 0.345 e. The number of esters is 1. The maximum atomic E-state index is 14.0. The number of hydrogen-bond donors (Lipinski definition) is 2. The van der Waals surface area contributed by atoms with Crippen molar-refractivity contribution in [1.29, 1.82) is 0 Å². The summed E-state index contributed by atoms with van der Waals surface area (Å²) in [6.07, 6.45) is -0.323. The van der Waals surface area contributed by atoms with Gasteiger partial charge in [0.15, 0.2) is 0 Å². The summed E-state index contributed by atoms with van der Waals surface area (Å²) < 4.78 is 26.0. The maximum Gasteiger partial charge on any atom is 0.345 e. The average Bonchev–Trinajstić information content (AvgIpc) is 3.11. The van der Waals surface area contributed by atoms with Crippen molar-refractivity contribution in [3.05, 3.63) is 65.0 Å². The number of ether oxygens (including phenoxy) is 1. The second-order valence-electron chi connectivity index (χ2n) is 8.21. The zero-order valence-electron chi connectivity index (χ0n) is 18.3. The van der Waals surface area contributed by atoms with Crippen LogP contribution in [0.1, 0.15) is 42.9 Å². The number of benzene rings is 2. The molecule has 0 aliphatic heterocycles. The summed E-state index contributed by atoms with van der Waals surface area (Å²) in [5.41, 5.74) is -0.579. The molecule has 3 rings (SSSR count). The van der Waals surface area contributed by atoms with E-state index in [4.69, 9.17) is 9.26 Å². The molecule has 0 aliphatic carbocycles. The van der Waals surface area contributed by atoms with Crippen LogP contribution in [0.15, 0.2) is 54.6 Å². The molecule has 32 heavy (non-hydrogen) atoms. The Labute approximate surface area is 190 Å². The first-order valence-electron chi connectivity index (χ1n) is 10.1. The number of rotatable bonds is 9. The van der Waals surface area contributed by atoms with Gasteiger partial charge in [-0.2, -0.15) is 0 Å². The van der Waals surface area contributed by atoms with E-state index in [1.165, 1.54) is 11.3 Å². The molecule has 1 atom stereocenters. The van der Waals surface area contributed by atoms with E-state index in [1.54, 1.807) is 76.2 Å². The van der Waals surface area contributed by atoms with Crippen molar-refractivity contribution in [3.8, 4) is 5.75 Å². The lowest BCUT2D eigenvalue weighted by Crippen LogP contribution is -2.47. The van der Waals surface area contributed by atoms with Gasteiger partial charge in [0.05, 0.1) is 12.3 Å². The highest BCUT2D eigenvalue weighted by Crippen LogP contribution is 2.48. The normalized spacial score (nSPS) is 13.7. The van der Waals surface area contributed by atoms with Gasteiger partial charge in [-0.25, -0.2) is 9.88 Å². The maximum absolute atomic E-state index is 14.0. The van der Waals surface area contributed by atoms with E-state index in [0.29, 0.717) is 11.3 Å². The molecule has 2 N–H and O–H groups in total. The summed E-state index contributed by atoms with van der Waals surface area (Å²) in [6, 6.07) is 15.7. The van der Waals surface area contributed by atoms with Gasteiger partial charge in [0, 0.05) is 4.70 Å². The van der Waals surface area contributed by atoms with Crippen molar-refractivity contribution in [1.82, 2.24) is 5.09 Å². The van der Waals surface area contributed by atoms with Crippen molar-refractivity contribution >= 4 is 40.9 Å². The standard InChI is InChI=1S/C23H26NO6PS/c1-15(2)29-22(27)23(3,4)24-31(28,30-18-8-6-5-7-9-18)14-16-10-11-19-17(12-16)13-20(32-19)21(25)26/h5-13,15H,14H2,1-4H3,(H,24,28)(H,25,26). The summed E-state index contributed by atoms with van der Waals surface area (Å²) >= 11 is 1.18. The Morgan fingerprint density at radius 3 is 2.44 bits per heavy atom. The van der Waals surface area contributed by atoms with E-state index in [2.05, 4.69) is 5.09 Å². The van der Waals surface area contributed by atoms with Crippen molar-refractivity contribution in [2.45, 2.75) is 45.5 Å². The largest absolute Gasteiger partial charge is 0.477 e. The number of carbonyl (C=O) groups is 2. The van der Waals surface area contributed by atoms with Crippen LogP contribution in [0.2, 0.25) is 0 Å². The third-order valence-corrected chi connectivity index (χ3v) is 7.77. The van der Waals surface area contributed by atoms with Crippen LogP contribution >= 0.6 is 18.9 Å². The van der Waals surface area contributed by atoms with Gasteiger partial charge >= 0.3 is 19.5 Å². The molecule has 7 nitrogen and oxygen atoms in total. The summed E-state index contributed by atoms with van der Waals surface area (Å²) in [5, 5.41) is 12.9. The Morgan fingerprint density at radius 1 is 1.12 bits per heavy atom. The summed E-state index contributed by atoms with van der Waals surface area (Å²) in [5.74, 6) is -1.12. The molecule has 0 amide bonds. The Kier molecular flexibility index (Phi) is 7.08. The molecule has 0 radical (unpaired) electrons. The van der Waals surface area contributed by atoms with Gasteiger partial charge in [0.25, 0.3) is 0 Å². The van der Waals surface area contributed by atoms with Gasteiger partial charge in [-0.15, -0.1) is 11.3 Å². The fraction of sp³-hybridized carbons (Fsp3) is 0.304. The van der Waals surface area contributed by atoms with Gasteiger partial charge in [0.2, 0.25) is 0 Å². The number of fused-ring (bicyclic) bond motifs is 1. The van der Waals surface area contributed by atoms with Crippen LogP contribution in [0.5, 0.6) is 5.75 Å². The van der Waals surface area contributed by atoms with Gasteiger partial charge in [-0.05, 0) is 69.0 Å². The molecule has 0 bridgehead atoms. The van der Waals surface area contributed by atoms with Crippen molar-refractivity contribution in [2.24, 2.45) is 0 Å². The molecule has 1 heterocycles. The predicted octanol–water partition coefficient (Wildman–Crippen LogP) is 5.69. The molecule has 1 aromatic heterocycles. The monoisotopic (exact) mass is 475 g/mol. The Bertz CT molecular complexity index is 1170. The zero-order chi connectivity index (χ0) is 23.5. The third-order valence-electron chi connectivity index (χ3n) is 4.48. The highest BCUT2D eigenvalue weighted by molar-refractivity contribution is 7.56. The van der Waals surface area contributed by atoms with Gasteiger partial charge in [-0.3, -0.25) is 9.36 Å². The van der Waals surface area contributed by atoms with E-state index in [0.717, 1.165) is 10.1 Å².